The minimum absolute atomic E-state index is 0.0115. The predicted octanol–water partition coefficient (Wildman–Crippen LogP) is 0.803. The number of methoxy groups -OCH3 is 1. The molecule has 0 aliphatic rings. The summed E-state index contributed by atoms with van der Waals surface area (Å²) in [4.78, 5) is 11.3. The summed E-state index contributed by atoms with van der Waals surface area (Å²) in [7, 11) is -2.83. The molecule has 0 aliphatic carbocycles. The summed E-state index contributed by atoms with van der Waals surface area (Å²) in [5.74, 6) is -1.25. The molecule has 1 aromatic carbocycles. The van der Waals surface area contributed by atoms with Gasteiger partial charge in [-0.05, 0) is 25.1 Å². The van der Waals surface area contributed by atoms with Crippen molar-refractivity contribution in [3.63, 3.8) is 0 Å². The van der Waals surface area contributed by atoms with Crippen molar-refractivity contribution in [2.24, 2.45) is 0 Å². The normalized spacial score (nSPS) is 12.5. The number of benzene rings is 1. The van der Waals surface area contributed by atoms with Crippen LogP contribution in [0, 0.1) is 5.82 Å². The van der Waals surface area contributed by atoms with Crippen LogP contribution in [0.5, 0.6) is 5.75 Å². The van der Waals surface area contributed by atoms with E-state index < -0.39 is 27.8 Å². The zero-order valence-corrected chi connectivity index (χ0v) is 12.5. The summed E-state index contributed by atoms with van der Waals surface area (Å²) in [6, 6.07) is 2.09. The van der Waals surface area contributed by atoms with E-state index in [2.05, 4.69) is 16.6 Å². The summed E-state index contributed by atoms with van der Waals surface area (Å²) in [6.45, 7) is 5.03. The molecule has 0 spiro atoms. The number of carbonyl (C=O) groups is 1. The van der Waals surface area contributed by atoms with E-state index in [1.807, 2.05) is 0 Å². The molecule has 1 amide bonds. The van der Waals surface area contributed by atoms with E-state index in [0.29, 0.717) is 0 Å². The highest BCUT2D eigenvalue weighted by Gasteiger charge is 2.25. The fraction of sp³-hybridized carbons (Fsp3) is 0.308. The molecule has 0 heterocycles. The lowest BCUT2D eigenvalue weighted by Gasteiger charge is -2.15. The monoisotopic (exact) mass is 316 g/mol. The lowest BCUT2D eigenvalue weighted by molar-refractivity contribution is -0.122. The Kier molecular flexibility index (Phi) is 5.86. The SMILES string of the molecule is C=CCNC(=O)C(C)NS(=O)(=O)c1cc(F)ccc1OC. The molecule has 21 heavy (non-hydrogen) atoms. The Hall–Kier alpha value is -1.93. The number of amides is 1. The minimum Gasteiger partial charge on any atom is -0.495 e. The standard InChI is InChI=1S/C13H17FN2O4S/c1-4-7-15-13(17)9(2)16-21(18,19)12-8-10(14)5-6-11(12)20-3/h4-6,8-9,16H,1,7H2,2-3H3,(H,15,17). The first-order chi connectivity index (χ1) is 9.81. The topological polar surface area (TPSA) is 84.5 Å². The maximum Gasteiger partial charge on any atom is 0.245 e. The molecule has 1 rings (SSSR count). The Bertz CT molecular complexity index is 631. The maximum absolute atomic E-state index is 13.2. The molecule has 1 unspecified atom stereocenters. The van der Waals surface area contributed by atoms with E-state index in [1.54, 1.807) is 0 Å². The second-order valence-corrected chi connectivity index (χ2v) is 5.85. The van der Waals surface area contributed by atoms with Gasteiger partial charge in [0.25, 0.3) is 0 Å². The van der Waals surface area contributed by atoms with Gasteiger partial charge < -0.3 is 10.1 Å². The molecule has 8 heteroatoms. The molecule has 6 nitrogen and oxygen atoms in total. The lowest BCUT2D eigenvalue weighted by Crippen LogP contribution is -2.44. The van der Waals surface area contributed by atoms with Gasteiger partial charge in [-0.15, -0.1) is 6.58 Å². The average Bonchev–Trinajstić information content (AvgIpc) is 2.44. The second kappa shape index (κ2) is 7.19. The van der Waals surface area contributed by atoms with E-state index in [-0.39, 0.29) is 17.2 Å². The zero-order valence-electron chi connectivity index (χ0n) is 11.7. The van der Waals surface area contributed by atoms with Crippen molar-refractivity contribution in [1.82, 2.24) is 10.0 Å². The first-order valence-corrected chi connectivity index (χ1v) is 7.54. The quantitative estimate of drug-likeness (QED) is 0.729. The summed E-state index contributed by atoms with van der Waals surface area (Å²) < 4.78 is 44.7. The third-order valence-corrected chi connectivity index (χ3v) is 4.12. The van der Waals surface area contributed by atoms with Crippen LogP contribution in [0.4, 0.5) is 4.39 Å². The molecule has 0 radical (unpaired) electrons. The number of hydrogen-bond donors (Lipinski definition) is 2. The summed E-state index contributed by atoms with van der Waals surface area (Å²) >= 11 is 0. The van der Waals surface area contributed by atoms with Gasteiger partial charge >= 0.3 is 0 Å². The van der Waals surface area contributed by atoms with E-state index in [1.165, 1.54) is 26.2 Å². The molecule has 0 bridgehead atoms. The first-order valence-electron chi connectivity index (χ1n) is 6.06. The van der Waals surface area contributed by atoms with Crippen LogP contribution < -0.4 is 14.8 Å². The van der Waals surface area contributed by atoms with Gasteiger partial charge in [-0.25, -0.2) is 12.8 Å². The van der Waals surface area contributed by atoms with Gasteiger partial charge in [0.15, 0.2) is 0 Å². The largest absolute Gasteiger partial charge is 0.495 e. The Labute approximate surface area is 123 Å². The highest BCUT2D eigenvalue weighted by Crippen LogP contribution is 2.24. The van der Waals surface area contributed by atoms with Gasteiger partial charge in [0.2, 0.25) is 15.9 Å². The van der Waals surface area contributed by atoms with Gasteiger partial charge in [-0.2, -0.15) is 4.72 Å². The van der Waals surface area contributed by atoms with Crippen LogP contribution in [0.2, 0.25) is 0 Å². The third kappa shape index (κ3) is 4.54. The molecular weight excluding hydrogens is 299 g/mol. The maximum atomic E-state index is 13.2. The van der Waals surface area contributed by atoms with Crippen LogP contribution in [0.1, 0.15) is 6.92 Å². The van der Waals surface area contributed by atoms with Gasteiger partial charge in [0.05, 0.1) is 13.2 Å². The predicted molar refractivity (Wildman–Crippen MR) is 75.9 cm³/mol. The van der Waals surface area contributed by atoms with Crippen molar-refractivity contribution >= 4 is 15.9 Å². The fourth-order valence-electron chi connectivity index (χ4n) is 1.54. The number of hydrogen-bond acceptors (Lipinski definition) is 4. The van der Waals surface area contributed by atoms with E-state index in [4.69, 9.17) is 4.74 Å². The third-order valence-electron chi connectivity index (χ3n) is 2.56. The van der Waals surface area contributed by atoms with Gasteiger partial charge in [0, 0.05) is 6.54 Å². The molecule has 2 N–H and O–H groups in total. The number of nitrogens with one attached hydrogen (secondary N) is 2. The number of ether oxygens (including phenoxy) is 1. The van der Waals surface area contributed by atoms with E-state index >= 15 is 0 Å². The average molecular weight is 316 g/mol. The molecular formula is C13H17FN2O4S. The molecule has 0 aliphatic heterocycles. The molecule has 0 aromatic heterocycles. The smallest absolute Gasteiger partial charge is 0.245 e. The number of halogens is 1. The van der Waals surface area contributed by atoms with Crippen molar-refractivity contribution in [2.75, 3.05) is 13.7 Å². The molecule has 0 saturated heterocycles. The summed E-state index contributed by atoms with van der Waals surface area (Å²) in [6.07, 6.45) is 1.47. The van der Waals surface area contributed by atoms with Crippen LogP contribution in [-0.4, -0.2) is 34.0 Å². The Balaban J connectivity index is 2.99. The van der Waals surface area contributed by atoms with Crippen LogP contribution in [0.25, 0.3) is 0 Å². The van der Waals surface area contributed by atoms with E-state index in [0.717, 1.165) is 12.1 Å². The van der Waals surface area contributed by atoms with Crippen LogP contribution in [0.15, 0.2) is 35.7 Å². The minimum atomic E-state index is -4.10. The van der Waals surface area contributed by atoms with E-state index in [9.17, 15) is 17.6 Å². The van der Waals surface area contributed by atoms with Crippen molar-refractivity contribution < 1.29 is 22.3 Å². The molecule has 116 valence electrons. The zero-order chi connectivity index (χ0) is 16.0. The lowest BCUT2D eigenvalue weighted by atomic mass is 10.3. The van der Waals surface area contributed by atoms with Crippen LogP contribution in [-0.2, 0) is 14.8 Å². The summed E-state index contributed by atoms with van der Waals surface area (Å²) in [5, 5.41) is 2.46. The Morgan fingerprint density at radius 1 is 1.52 bits per heavy atom. The van der Waals surface area contributed by atoms with Crippen molar-refractivity contribution in [1.29, 1.82) is 0 Å². The fourth-order valence-corrected chi connectivity index (χ4v) is 2.92. The van der Waals surface area contributed by atoms with Gasteiger partial charge in [0.1, 0.15) is 16.5 Å². The summed E-state index contributed by atoms with van der Waals surface area (Å²) in [5.41, 5.74) is 0. The van der Waals surface area contributed by atoms with Gasteiger partial charge in [-0.1, -0.05) is 6.08 Å². The van der Waals surface area contributed by atoms with Crippen molar-refractivity contribution in [2.45, 2.75) is 17.9 Å². The molecule has 1 atom stereocenters. The number of rotatable bonds is 7. The van der Waals surface area contributed by atoms with Crippen LogP contribution in [0.3, 0.4) is 0 Å². The molecule has 1 aromatic rings. The van der Waals surface area contributed by atoms with Crippen molar-refractivity contribution in [3.8, 4) is 5.75 Å². The Morgan fingerprint density at radius 3 is 2.76 bits per heavy atom. The highest BCUT2D eigenvalue weighted by molar-refractivity contribution is 7.89. The molecule has 0 fully saturated rings. The second-order valence-electron chi connectivity index (χ2n) is 4.17. The highest BCUT2D eigenvalue weighted by atomic mass is 32.2. The Morgan fingerprint density at radius 2 is 2.19 bits per heavy atom. The molecule has 0 saturated carbocycles. The first kappa shape index (κ1) is 17.1. The number of sulfonamides is 1. The van der Waals surface area contributed by atoms with Gasteiger partial charge in [-0.3, -0.25) is 4.79 Å². The van der Waals surface area contributed by atoms with Crippen LogP contribution >= 0.6 is 0 Å². The number of carbonyl (C=O) groups excluding carboxylic acids is 1. The van der Waals surface area contributed by atoms with Crippen molar-refractivity contribution in [3.05, 3.63) is 36.7 Å².